The predicted molar refractivity (Wildman–Crippen MR) is 61.2 cm³/mol. The lowest BCUT2D eigenvalue weighted by molar-refractivity contribution is 0.0572. The van der Waals surface area contributed by atoms with Crippen LogP contribution in [0.4, 0.5) is 5.82 Å². The van der Waals surface area contributed by atoms with Gasteiger partial charge in [0.05, 0.1) is 12.2 Å². The number of nitrogens with zero attached hydrogens (tertiary/aromatic N) is 2. The van der Waals surface area contributed by atoms with Crippen LogP contribution in [0.25, 0.3) is 0 Å². The Morgan fingerprint density at radius 2 is 2.06 bits per heavy atom. The molecule has 0 radical (unpaired) electrons. The van der Waals surface area contributed by atoms with Gasteiger partial charge in [-0.15, -0.1) is 0 Å². The average Bonchev–Trinajstić information content (AvgIpc) is 2.61. The van der Waals surface area contributed by atoms with Crippen LogP contribution in [-0.2, 0) is 6.54 Å². The van der Waals surface area contributed by atoms with Crippen LogP contribution in [-0.4, -0.2) is 47.5 Å². The number of aliphatic hydroxyl groups is 2. The summed E-state index contributed by atoms with van der Waals surface area (Å²) in [6.07, 6.45) is 0.473. The van der Waals surface area contributed by atoms with Crippen molar-refractivity contribution in [2.24, 2.45) is 0 Å². The quantitative estimate of drug-likeness (QED) is 0.635. The molecule has 1 saturated heterocycles. The Labute approximate surface area is 94.7 Å². The molecule has 2 unspecified atom stereocenters. The summed E-state index contributed by atoms with van der Waals surface area (Å²) in [5.41, 5.74) is 1.12. The molecule has 2 rings (SSSR count). The molecule has 0 saturated carbocycles. The summed E-state index contributed by atoms with van der Waals surface area (Å²) in [7, 11) is 1.89. The number of aliphatic hydroxyl groups excluding tert-OH is 2. The summed E-state index contributed by atoms with van der Waals surface area (Å²) >= 11 is 0. The minimum Gasteiger partial charge on any atom is -0.389 e. The van der Waals surface area contributed by atoms with E-state index >= 15 is 0 Å². The molecule has 88 valence electrons. The molecule has 0 aliphatic carbocycles. The zero-order valence-corrected chi connectivity index (χ0v) is 9.30. The van der Waals surface area contributed by atoms with Gasteiger partial charge in [-0.2, -0.15) is 0 Å². The number of anilines is 1. The molecule has 5 nitrogen and oxygen atoms in total. The molecule has 5 heteroatoms. The summed E-state index contributed by atoms with van der Waals surface area (Å²) in [6.45, 7) is 1.68. The van der Waals surface area contributed by atoms with Crippen LogP contribution >= 0.6 is 0 Å². The summed E-state index contributed by atoms with van der Waals surface area (Å²) in [4.78, 5) is 6.20. The van der Waals surface area contributed by atoms with E-state index in [1.807, 2.05) is 30.3 Å². The molecular weight excluding hydrogens is 206 g/mol. The van der Waals surface area contributed by atoms with Crippen molar-refractivity contribution in [3.8, 4) is 0 Å². The fourth-order valence-corrected chi connectivity index (χ4v) is 1.87. The van der Waals surface area contributed by atoms with Gasteiger partial charge >= 0.3 is 0 Å². The molecule has 16 heavy (non-hydrogen) atoms. The maximum absolute atomic E-state index is 9.44. The standard InChI is InChI=1S/C11H17N3O2/c1-12-4-8-2-3-11(13-5-8)14-6-9(15)10(16)7-14/h2-3,5,9-10,12,15-16H,4,6-7H2,1H3. The van der Waals surface area contributed by atoms with Crippen LogP contribution in [0.3, 0.4) is 0 Å². The monoisotopic (exact) mass is 223 g/mol. The maximum atomic E-state index is 9.44. The molecule has 0 amide bonds. The van der Waals surface area contributed by atoms with Crippen LogP contribution in [0.5, 0.6) is 0 Å². The third kappa shape index (κ3) is 2.32. The van der Waals surface area contributed by atoms with E-state index in [0.29, 0.717) is 13.1 Å². The highest BCUT2D eigenvalue weighted by molar-refractivity contribution is 5.41. The Kier molecular flexibility index (Phi) is 3.38. The lowest BCUT2D eigenvalue weighted by Gasteiger charge is -2.16. The molecule has 2 heterocycles. The van der Waals surface area contributed by atoms with Crippen LogP contribution in [0.2, 0.25) is 0 Å². The van der Waals surface area contributed by atoms with E-state index in [1.165, 1.54) is 0 Å². The fourth-order valence-electron chi connectivity index (χ4n) is 1.87. The molecule has 1 fully saturated rings. The minimum atomic E-state index is -0.668. The Bertz CT molecular complexity index is 332. The largest absolute Gasteiger partial charge is 0.389 e. The van der Waals surface area contributed by atoms with Crippen molar-refractivity contribution in [2.75, 3.05) is 25.0 Å². The zero-order valence-electron chi connectivity index (χ0n) is 9.30. The normalized spacial score (nSPS) is 25.1. The highest BCUT2D eigenvalue weighted by atomic mass is 16.3. The van der Waals surface area contributed by atoms with E-state index in [2.05, 4.69) is 10.3 Å². The first-order valence-electron chi connectivity index (χ1n) is 5.41. The Morgan fingerprint density at radius 1 is 1.38 bits per heavy atom. The van der Waals surface area contributed by atoms with Crippen LogP contribution in [0.15, 0.2) is 18.3 Å². The number of pyridine rings is 1. The van der Waals surface area contributed by atoms with Gasteiger partial charge in [-0.05, 0) is 18.7 Å². The molecule has 3 N–H and O–H groups in total. The zero-order chi connectivity index (χ0) is 11.5. The third-order valence-electron chi connectivity index (χ3n) is 2.77. The van der Waals surface area contributed by atoms with Gasteiger partial charge in [0.2, 0.25) is 0 Å². The Morgan fingerprint density at radius 3 is 2.56 bits per heavy atom. The van der Waals surface area contributed by atoms with Crippen molar-refractivity contribution in [3.63, 3.8) is 0 Å². The first kappa shape index (κ1) is 11.3. The van der Waals surface area contributed by atoms with Crippen molar-refractivity contribution in [1.82, 2.24) is 10.3 Å². The summed E-state index contributed by atoms with van der Waals surface area (Å²) in [5.74, 6) is 0.801. The van der Waals surface area contributed by atoms with Gasteiger partial charge in [-0.3, -0.25) is 0 Å². The molecule has 2 atom stereocenters. The van der Waals surface area contributed by atoms with Gasteiger partial charge in [0, 0.05) is 25.8 Å². The molecule has 0 bridgehead atoms. The number of nitrogens with one attached hydrogen (secondary N) is 1. The van der Waals surface area contributed by atoms with Crippen LogP contribution in [0.1, 0.15) is 5.56 Å². The Balaban J connectivity index is 2.05. The van der Waals surface area contributed by atoms with Gasteiger partial charge in [0.15, 0.2) is 0 Å². The van der Waals surface area contributed by atoms with Gasteiger partial charge in [0.1, 0.15) is 5.82 Å². The number of hydrogen-bond donors (Lipinski definition) is 3. The molecule has 0 aromatic carbocycles. The number of rotatable bonds is 3. The van der Waals surface area contributed by atoms with Crippen molar-refractivity contribution in [1.29, 1.82) is 0 Å². The first-order valence-corrected chi connectivity index (χ1v) is 5.41. The van der Waals surface area contributed by atoms with Crippen molar-refractivity contribution >= 4 is 5.82 Å². The van der Waals surface area contributed by atoms with E-state index in [9.17, 15) is 10.2 Å². The molecule has 1 aromatic rings. The average molecular weight is 223 g/mol. The van der Waals surface area contributed by atoms with E-state index in [0.717, 1.165) is 17.9 Å². The molecular formula is C11H17N3O2. The number of β-amino-alcohol motifs (C(OH)–C–C–N with tert-alkyl or cyclic N) is 2. The summed E-state index contributed by atoms with van der Waals surface area (Å²) in [5, 5.41) is 21.9. The first-order chi connectivity index (χ1) is 7.70. The van der Waals surface area contributed by atoms with E-state index in [1.54, 1.807) is 0 Å². The van der Waals surface area contributed by atoms with Gasteiger partial charge in [-0.1, -0.05) is 6.07 Å². The van der Waals surface area contributed by atoms with Crippen LogP contribution in [0, 0.1) is 0 Å². The van der Waals surface area contributed by atoms with Crippen molar-refractivity contribution in [3.05, 3.63) is 23.9 Å². The third-order valence-corrected chi connectivity index (χ3v) is 2.77. The fraction of sp³-hybridized carbons (Fsp3) is 0.545. The lowest BCUT2D eigenvalue weighted by atomic mass is 10.3. The molecule has 1 aliphatic rings. The topological polar surface area (TPSA) is 68.6 Å². The maximum Gasteiger partial charge on any atom is 0.128 e. The van der Waals surface area contributed by atoms with Gasteiger partial charge in [-0.25, -0.2) is 4.98 Å². The number of aromatic nitrogens is 1. The predicted octanol–water partition coefficient (Wildman–Crippen LogP) is -0.657. The van der Waals surface area contributed by atoms with Crippen molar-refractivity contribution < 1.29 is 10.2 Å². The molecule has 1 aliphatic heterocycles. The van der Waals surface area contributed by atoms with E-state index in [-0.39, 0.29) is 0 Å². The lowest BCUT2D eigenvalue weighted by Crippen LogP contribution is -2.22. The molecule has 1 aromatic heterocycles. The van der Waals surface area contributed by atoms with Gasteiger partial charge in [0.25, 0.3) is 0 Å². The smallest absolute Gasteiger partial charge is 0.128 e. The summed E-state index contributed by atoms with van der Waals surface area (Å²) < 4.78 is 0. The van der Waals surface area contributed by atoms with Gasteiger partial charge < -0.3 is 20.4 Å². The number of hydrogen-bond acceptors (Lipinski definition) is 5. The van der Waals surface area contributed by atoms with Crippen LogP contribution < -0.4 is 10.2 Å². The Hall–Kier alpha value is -1.17. The second kappa shape index (κ2) is 4.78. The van der Waals surface area contributed by atoms with Crippen molar-refractivity contribution in [2.45, 2.75) is 18.8 Å². The SMILES string of the molecule is CNCc1ccc(N2CC(O)C(O)C2)nc1. The highest BCUT2D eigenvalue weighted by Gasteiger charge is 2.30. The molecule has 0 spiro atoms. The second-order valence-corrected chi connectivity index (χ2v) is 4.09. The minimum absolute atomic E-state index is 0.444. The van der Waals surface area contributed by atoms with E-state index < -0.39 is 12.2 Å². The second-order valence-electron chi connectivity index (χ2n) is 4.09. The summed E-state index contributed by atoms with van der Waals surface area (Å²) in [6, 6.07) is 3.91. The highest BCUT2D eigenvalue weighted by Crippen LogP contribution is 2.18. The van der Waals surface area contributed by atoms with E-state index in [4.69, 9.17) is 0 Å².